The van der Waals surface area contributed by atoms with Crippen LogP contribution in [0, 0.1) is 28.6 Å². The molecule has 0 N–H and O–H groups in total. The van der Waals surface area contributed by atoms with Gasteiger partial charge in [-0.1, -0.05) is 68.0 Å². The van der Waals surface area contributed by atoms with Crippen molar-refractivity contribution in [2.75, 3.05) is 12.9 Å². The average molecular weight is 699 g/mol. The van der Waals surface area contributed by atoms with Crippen LogP contribution >= 0.6 is 0 Å². The Bertz CT molecular complexity index is 1950. The molecule has 7 rings (SSSR count). The zero-order valence-electron chi connectivity index (χ0n) is 29.7. The number of esters is 2. The Balaban J connectivity index is 0.000000178. The van der Waals surface area contributed by atoms with E-state index in [9.17, 15) is 27.6 Å². The summed E-state index contributed by atoms with van der Waals surface area (Å²) in [5, 5.41) is 0. The van der Waals surface area contributed by atoms with E-state index in [0.29, 0.717) is 36.2 Å². The van der Waals surface area contributed by atoms with Gasteiger partial charge in [-0.15, -0.1) is 0 Å². The molecule has 0 aromatic heterocycles. The van der Waals surface area contributed by atoms with Crippen molar-refractivity contribution in [2.45, 2.75) is 83.6 Å². The summed E-state index contributed by atoms with van der Waals surface area (Å²) < 4.78 is 34.0. The van der Waals surface area contributed by atoms with E-state index in [1.165, 1.54) is 24.3 Å². The van der Waals surface area contributed by atoms with E-state index < -0.39 is 15.4 Å². The minimum absolute atomic E-state index is 0.0160. The second kappa shape index (κ2) is 12.9. The van der Waals surface area contributed by atoms with Gasteiger partial charge in [-0.2, -0.15) is 0 Å². The van der Waals surface area contributed by atoms with Crippen molar-refractivity contribution in [2.24, 2.45) is 28.6 Å². The predicted molar refractivity (Wildman–Crippen MR) is 190 cm³/mol. The molecule has 50 heavy (non-hydrogen) atoms. The zero-order chi connectivity index (χ0) is 36.2. The van der Waals surface area contributed by atoms with Crippen LogP contribution in [0.3, 0.4) is 0 Å². The maximum Gasteiger partial charge on any atom is 0.339 e. The Morgan fingerprint density at radius 1 is 0.880 bits per heavy atom. The summed E-state index contributed by atoms with van der Waals surface area (Å²) in [7, 11) is -3.23. The summed E-state index contributed by atoms with van der Waals surface area (Å²) in [6.07, 6.45) is 10.4. The van der Waals surface area contributed by atoms with Crippen molar-refractivity contribution in [1.82, 2.24) is 0 Å². The highest BCUT2D eigenvalue weighted by Gasteiger charge is 2.67. The normalized spacial score (nSPS) is 31.6. The minimum atomic E-state index is -3.23. The number of fused-ring (bicyclic) bond motifs is 5. The van der Waals surface area contributed by atoms with Gasteiger partial charge in [0.05, 0.1) is 10.5 Å². The first-order valence-electron chi connectivity index (χ1n) is 17.4. The zero-order valence-corrected chi connectivity index (χ0v) is 30.5. The second-order valence-corrected chi connectivity index (χ2v) is 17.2. The van der Waals surface area contributed by atoms with Crippen LogP contribution in [-0.4, -0.2) is 50.4 Å². The van der Waals surface area contributed by atoms with Crippen LogP contribution in [-0.2, 0) is 38.5 Å². The molecule has 0 bridgehead atoms. The molecule has 0 radical (unpaired) electrons. The first-order chi connectivity index (χ1) is 23.5. The fourth-order valence-electron chi connectivity index (χ4n) is 9.91. The summed E-state index contributed by atoms with van der Waals surface area (Å²) in [4.78, 5) is 49.0. The maximum absolute atomic E-state index is 12.8. The molecule has 1 aliphatic heterocycles. The van der Waals surface area contributed by atoms with Gasteiger partial charge in [-0.25, -0.2) is 13.2 Å². The Kier molecular flexibility index (Phi) is 9.21. The van der Waals surface area contributed by atoms with E-state index >= 15 is 0 Å². The lowest BCUT2D eigenvalue weighted by atomic mass is 9.47. The molecule has 4 aliphatic carbocycles. The van der Waals surface area contributed by atoms with E-state index in [-0.39, 0.29) is 45.8 Å². The van der Waals surface area contributed by atoms with Crippen molar-refractivity contribution in [3.8, 4) is 0 Å². The SMILES string of the molecule is CC(=O)O[C@]1(C(C)=O)CC[C@H]2[C@@H]3C=C(C)C4=CC(=O)CC[C@]4(C)[C@H]3CC[C@@]21C.CS(=O)(=O)c1ccc(C2=C(c3ccccc3)C(=O)OC2)cc1. The summed E-state index contributed by atoms with van der Waals surface area (Å²) in [5.74, 6) is 0.675. The fourth-order valence-corrected chi connectivity index (χ4v) is 10.5. The molecule has 9 heteroatoms. The number of rotatable bonds is 5. The van der Waals surface area contributed by atoms with Crippen LogP contribution in [0.1, 0.15) is 84.3 Å². The lowest BCUT2D eigenvalue weighted by Crippen LogP contribution is -2.58. The quantitative estimate of drug-likeness (QED) is 0.303. The van der Waals surface area contributed by atoms with Gasteiger partial charge in [-0.3, -0.25) is 14.4 Å². The highest BCUT2D eigenvalue weighted by molar-refractivity contribution is 7.90. The van der Waals surface area contributed by atoms with Gasteiger partial charge in [0, 0.05) is 30.6 Å². The number of sulfone groups is 1. The molecule has 2 saturated carbocycles. The number of carbonyl (C=O) groups is 4. The largest absolute Gasteiger partial charge is 0.457 e. The van der Waals surface area contributed by atoms with Crippen molar-refractivity contribution < 1.29 is 37.1 Å². The van der Waals surface area contributed by atoms with Gasteiger partial charge in [0.25, 0.3) is 0 Å². The molecule has 2 aromatic rings. The van der Waals surface area contributed by atoms with E-state index in [1.807, 2.05) is 36.4 Å². The lowest BCUT2D eigenvalue weighted by Gasteiger charge is -2.58. The second-order valence-electron chi connectivity index (χ2n) is 15.1. The van der Waals surface area contributed by atoms with E-state index in [2.05, 4.69) is 26.8 Å². The van der Waals surface area contributed by atoms with Crippen molar-refractivity contribution in [3.63, 3.8) is 0 Å². The molecule has 264 valence electrons. The molecule has 6 atom stereocenters. The molecule has 2 fully saturated rings. The number of ether oxygens (including phenoxy) is 2. The van der Waals surface area contributed by atoms with Crippen LogP contribution in [0.4, 0.5) is 0 Å². The molecule has 0 saturated heterocycles. The van der Waals surface area contributed by atoms with Crippen molar-refractivity contribution >= 4 is 44.5 Å². The third-order valence-electron chi connectivity index (χ3n) is 12.4. The molecule has 8 nitrogen and oxygen atoms in total. The standard InChI is InChI=1S/C24H32O4.C17H14O4S/c1-14-12-18-19(22(4)9-6-17(27)13-21(14)22)7-10-23(5)20(18)8-11-24(23,15(2)25)28-16(3)26;1-22(19,20)14-9-7-12(8-10-14)15-11-21-17(18)16(15)13-5-3-2-4-6-13/h12-13,18-20H,6-11H2,1-5H3;2-10H,11H2,1H3/t18-,19+,20+,22-,23+,24+;/m1./s1. The Hall–Kier alpha value is -4.11. The molecule has 0 spiro atoms. The first-order valence-corrected chi connectivity index (χ1v) is 19.3. The van der Waals surface area contributed by atoms with Crippen molar-refractivity contribution in [3.05, 3.63) is 89.0 Å². The van der Waals surface area contributed by atoms with Gasteiger partial charge in [0.2, 0.25) is 0 Å². The number of ketones is 2. The van der Waals surface area contributed by atoms with Gasteiger partial charge in [0.15, 0.2) is 27.0 Å². The molecular weight excluding hydrogens is 653 g/mol. The third kappa shape index (κ3) is 5.91. The lowest BCUT2D eigenvalue weighted by molar-refractivity contribution is -0.185. The maximum atomic E-state index is 12.8. The Morgan fingerprint density at radius 3 is 2.16 bits per heavy atom. The number of cyclic esters (lactones) is 1. The molecular formula is C41H46O8S. The number of benzene rings is 2. The number of hydrogen-bond donors (Lipinski definition) is 0. The monoisotopic (exact) mass is 698 g/mol. The van der Waals surface area contributed by atoms with Gasteiger partial charge < -0.3 is 9.47 Å². The summed E-state index contributed by atoms with van der Waals surface area (Å²) >= 11 is 0. The molecule has 0 unspecified atom stereocenters. The highest BCUT2D eigenvalue weighted by atomic mass is 32.2. The minimum Gasteiger partial charge on any atom is -0.457 e. The van der Waals surface area contributed by atoms with Crippen LogP contribution < -0.4 is 0 Å². The Morgan fingerprint density at radius 2 is 1.54 bits per heavy atom. The van der Waals surface area contributed by atoms with Gasteiger partial charge in [0.1, 0.15) is 6.61 Å². The van der Waals surface area contributed by atoms with Crippen LogP contribution in [0.25, 0.3) is 11.1 Å². The Labute approximate surface area is 294 Å². The van der Waals surface area contributed by atoms with E-state index in [1.54, 1.807) is 31.2 Å². The van der Waals surface area contributed by atoms with Crippen LogP contribution in [0.15, 0.2) is 82.8 Å². The van der Waals surface area contributed by atoms with E-state index in [4.69, 9.17) is 9.47 Å². The third-order valence-corrected chi connectivity index (χ3v) is 13.5. The van der Waals surface area contributed by atoms with Crippen LogP contribution in [0.2, 0.25) is 0 Å². The smallest absolute Gasteiger partial charge is 0.339 e. The number of allylic oxidation sites excluding steroid dienone is 4. The van der Waals surface area contributed by atoms with E-state index in [0.717, 1.165) is 42.4 Å². The molecule has 0 amide bonds. The number of hydrogen-bond acceptors (Lipinski definition) is 8. The summed E-state index contributed by atoms with van der Waals surface area (Å²) in [6.45, 7) is 9.83. The molecule has 5 aliphatic rings. The first kappa shape index (κ1) is 35.7. The topological polar surface area (TPSA) is 121 Å². The van der Waals surface area contributed by atoms with Gasteiger partial charge >= 0.3 is 11.9 Å². The summed E-state index contributed by atoms with van der Waals surface area (Å²) in [5.41, 5.74) is 4.05. The van der Waals surface area contributed by atoms with Crippen LogP contribution in [0.5, 0.6) is 0 Å². The van der Waals surface area contributed by atoms with Crippen molar-refractivity contribution in [1.29, 1.82) is 0 Å². The van der Waals surface area contributed by atoms with Gasteiger partial charge in [-0.05, 0) is 104 Å². The average Bonchev–Trinajstić information content (AvgIpc) is 3.59. The number of Topliss-reactive ketones (excluding diaryl/α,β-unsaturated/α-hetero) is 1. The molecule has 2 aromatic carbocycles. The predicted octanol–water partition coefficient (Wildman–Crippen LogP) is 7.13. The highest BCUT2D eigenvalue weighted by Crippen LogP contribution is 2.67. The molecule has 1 heterocycles. The summed E-state index contributed by atoms with van der Waals surface area (Å²) in [6, 6.07) is 15.8. The fraction of sp³-hybridized carbons (Fsp3) is 0.463. The number of carbonyl (C=O) groups excluding carboxylic acids is 4.